The molecule has 27 heavy (non-hydrogen) atoms. The highest BCUT2D eigenvalue weighted by molar-refractivity contribution is 6.03. The number of hydrogen-bond donors (Lipinski definition) is 1. The number of hydrazone groups is 1. The van der Waals surface area contributed by atoms with E-state index in [1.165, 1.54) is 19.4 Å². The molecule has 0 unspecified atom stereocenters. The van der Waals surface area contributed by atoms with E-state index in [9.17, 15) is 13.6 Å². The minimum atomic E-state index is -2.97. The fourth-order valence-electron chi connectivity index (χ4n) is 2.57. The summed E-state index contributed by atoms with van der Waals surface area (Å²) in [6.07, 6.45) is 1.29. The Morgan fingerprint density at radius 2 is 1.81 bits per heavy atom. The van der Waals surface area contributed by atoms with Crippen LogP contribution in [0.5, 0.6) is 11.5 Å². The van der Waals surface area contributed by atoms with Crippen LogP contribution in [0.3, 0.4) is 0 Å². The minimum absolute atomic E-state index is 0.0221. The van der Waals surface area contributed by atoms with Gasteiger partial charge in [0.25, 0.3) is 5.91 Å². The fraction of sp³-hybridized carbons (Fsp3) is 0.100. The number of benzene rings is 3. The second-order valence-corrected chi connectivity index (χ2v) is 5.50. The van der Waals surface area contributed by atoms with Gasteiger partial charge < -0.3 is 9.47 Å². The first-order valence-electron chi connectivity index (χ1n) is 8.02. The predicted octanol–water partition coefficient (Wildman–Crippen LogP) is 4.21. The van der Waals surface area contributed by atoms with Gasteiger partial charge in [0.15, 0.2) is 0 Å². The van der Waals surface area contributed by atoms with Crippen molar-refractivity contribution in [3.63, 3.8) is 0 Å². The maximum atomic E-state index is 12.7. The summed E-state index contributed by atoms with van der Waals surface area (Å²) in [7, 11) is 1.53. The average molecular weight is 370 g/mol. The van der Waals surface area contributed by atoms with E-state index in [1.54, 1.807) is 42.5 Å². The molecule has 0 aliphatic rings. The molecule has 0 saturated carbocycles. The number of methoxy groups -OCH3 is 1. The molecule has 0 radical (unpaired) electrons. The average Bonchev–Trinajstić information content (AvgIpc) is 2.69. The van der Waals surface area contributed by atoms with Crippen molar-refractivity contribution < 1.29 is 23.0 Å². The normalized spacial score (nSPS) is 11.1. The Bertz CT molecular complexity index is 973. The molecule has 3 aromatic rings. The number of carbonyl (C=O) groups excluding carboxylic acids is 1. The van der Waals surface area contributed by atoms with Crippen molar-refractivity contribution >= 4 is 22.9 Å². The Hall–Kier alpha value is -3.48. The Kier molecular flexibility index (Phi) is 5.61. The Balaban J connectivity index is 1.84. The molecule has 0 aliphatic heterocycles. The number of nitrogens with zero attached hydrogens (tertiary/aromatic N) is 1. The van der Waals surface area contributed by atoms with E-state index in [2.05, 4.69) is 15.3 Å². The molecule has 1 amide bonds. The molecule has 0 atom stereocenters. The van der Waals surface area contributed by atoms with Gasteiger partial charge >= 0.3 is 6.61 Å². The fourth-order valence-corrected chi connectivity index (χ4v) is 2.57. The number of carbonyl (C=O) groups is 1. The molecule has 3 aromatic carbocycles. The molecule has 0 saturated heterocycles. The van der Waals surface area contributed by atoms with E-state index in [4.69, 9.17) is 4.74 Å². The summed E-state index contributed by atoms with van der Waals surface area (Å²) >= 11 is 0. The van der Waals surface area contributed by atoms with Crippen molar-refractivity contribution in [2.75, 3.05) is 7.11 Å². The monoisotopic (exact) mass is 370 g/mol. The smallest absolute Gasteiger partial charge is 0.387 e. The summed E-state index contributed by atoms with van der Waals surface area (Å²) in [6, 6.07) is 16.8. The lowest BCUT2D eigenvalue weighted by Gasteiger charge is -2.10. The van der Waals surface area contributed by atoms with Gasteiger partial charge in [-0.3, -0.25) is 4.79 Å². The lowest BCUT2D eigenvalue weighted by molar-refractivity contribution is -0.0498. The molecule has 0 aliphatic carbocycles. The maximum Gasteiger partial charge on any atom is 0.387 e. The van der Waals surface area contributed by atoms with Gasteiger partial charge in [0, 0.05) is 11.1 Å². The first-order valence-corrected chi connectivity index (χ1v) is 8.02. The quantitative estimate of drug-likeness (QED) is 0.522. The van der Waals surface area contributed by atoms with Gasteiger partial charge in [-0.25, -0.2) is 5.43 Å². The molecule has 7 heteroatoms. The molecule has 1 N–H and O–H groups in total. The Morgan fingerprint density at radius 1 is 1.07 bits per heavy atom. The summed E-state index contributed by atoms with van der Waals surface area (Å²) in [5.41, 5.74) is 3.11. The van der Waals surface area contributed by atoms with Gasteiger partial charge in [0.2, 0.25) is 0 Å². The summed E-state index contributed by atoms with van der Waals surface area (Å²) < 4.78 is 35.0. The molecular weight excluding hydrogens is 354 g/mol. The topological polar surface area (TPSA) is 59.9 Å². The molecule has 3 rings (SSSR count). The van der Waals surface area contributed by atoms with Crippen molar-refractivity contribution in [1.82, 2.24) is 5.43 Å². The largest absolute Gasteiger partial charge is 0.497 e. The molecule has 0 spiro atoms. The number of alkyl halides is 2. The highest BCUT2D eigenvalue weighted by Crippen LogP contribution is 2.27. The Labute approximate surface area is 154 Å². The van der Waals surface area contributed by atoms with Crippen LogP contribution in [0.4, 0.5) is 8.78 Å². The van der Waals surface area contributed by atoms with Crippen molar-refractivity contribution in [2.24, 2.45) is 5.10 Å². The van der Waals surface area contributed by atoms with E-state index < -0.39 is 12.5 Å². The van der Waals surface area contributed by atoms with Crippen molar-refractivity contribution in [3.8, 4) is 11.5 Å². The highest BCUT2D eigenvalue weighted by Gasteiger charge is 2.12. The van der Waals surface area contributed by atoms with Crippen molar-refractivity contribution in [3.05, 3.63) is 71.8 Å². The van der Waals surface area contributed by atoms with Gasteiger partial charge in [-0.1, -0.05) is 30.3 Å². The van der Waals surface area contributed by atoms with Crippen LogP contribution < -0.4 is 14.9 Å². The number of rotatable bonds is 6. The zero-order valence-corrected chi connectivity index (χ0v) is 14.4. The third-order valence-corrected chi connectivity index (χ3v) is 3.86. The predicted molar refractivity (Wildman–Crippen MR) is 98.6 cm³/mol. The van der Waals surface area contributed by atoms with Crippen LogP contribution in [-0.2, 0) is 0 Å². The standard InChI is InChI=1S/C20H16F2N2O3/c1-26-15-9-6-14(7-10-15)19(25)24-23-12-17-16-5-3-2-4-13(16)8-11-18(17)27-20(21)22/h2-12,20H,1H3,(H,24,25)/b23-12-. The Morgan fingerprint density at radius 3 is 2.52 bits per heavy atom. The summed E-state index contributed by atoms with van der Waals surface area (Å²) in [5, 5.41) is 5.41. The minimum Gasteiger partial charge on any atom is -0.497 e. The highest BCUT2D eigenvalue weighted by atomic mass is 19.3. The number of hydrogen-bond acceptors (Lipinski definition) is 4. The lowest BCUT2D eigenvalue weighted by Crippen LogP contribution is -2.17. The molecule has 0 aromatic heterocycles. The summed E-state index contributed by atoms with van der Waals surface area (Å²) in [6.45, 7) is -2.97. The van der Waals surface area contributed by atoms with Crippen LogP contribution in [0, 0.1) is 0 Å². The molecule has 0 bridgehead atoms. The first kappa shape index (κ1) is 18.3. The van der Waals surface area contributed by atoms with Crippen LogP contribution in [-0.4, -0.2) is 25.8 Å². The SMILES string of the molecule is COc1ccc(C(=O)N/N=C\c2c(OC(F)F)ccc3ccccc23)cc1. The zero-order valence-electron chi connectivity index (χ0n) is 14.4. The number of nitrogens with one attached hydrogen (secondary N) is 1. The number of halogens is 2. The molecule has 0 fully saturated rings. The van der Waals surface area contributed by atoms with E-state index in [0.717, 1.165) is 5.39 Å². The van der Waals surface area contributed by atoms with Crippen molar-refractivity contribution in [2.45, 2.75) is 6.61 Å². The second-order valence-electron chi connectivity index (χ2n) is 5.50. The van der Waals surface area contributed by atoms with Gasteiger partial charge in [0.05, 0.1) is 13.3 Å². The van der Waals surface area contributed by atoms with E-state index in [0.29, 0.717) is 22.3 Å². The van der Waals surface area contributed by atoms with Crippen LogP contribution in [0.25, 0.3) is 10.8 Å². The maximum absolute atomic E-state index is 12.7. The third kappa shape index (κ3) is 4.38. The second kappa shape index (κ2) is 8.27. The van der Waals surface area contributed by atoms with E-state index >= 15 is 0 Å². The summed E-state index contributed by atoms with van der Waals surface area (Å²) in [4.78, 5) is 12.1. The third-order valence-electron chi connectivity index (χ3n) is 3.86. The number of fused-ring (bicyclic) bond motifs is 1. The van der Waals surface area contributed by atoms with Gasteiger partial charge in [-0.15, -0.1) is 0 Å². The molecule has 138 valence electrons. The van der Waals surface area contributed by atoms with Crippen LogP contribution >= 0.6 is 0 Å². The van der Waals surface area contributed by atoms with Crippen LogP contribution in [0.1, 0.15) is 15.9 Å². The first-order chi connectivity index (χ1) is 13.1. The van der Waals surface area contributed by atoms with Crippen molar-refractivity contribution in [1.29, 1.82) is 0 Å². The zero-order chi connectivity index (χ0) is 19.2. The molecule has 0 heterocycles. The lowest BCUT2D eigenvalue weighted by atomic mass is 10.0. The van der Waals surface area contributed by atoms with Gasteiger partial charge in [0.1, 0.15) is 11.5 Å². The van der Waals surface area contributed by atoms with Gasteiger partial charge in [-0.2, -0.15) is 13.9 Å². The molecular formula is C20H16F2N2O3. The number of amides is 1. The number of ether oxygens (including phenoxy) is 2. The van der Waals surface area contributed by atoms with E-state index in [1.807, 2.05) is 12.1 Å². The van der Waals surface area contributed by atoms with Crippen LogP contribution in [0.15, 0.2) is 65.8 Å². The van der Waals surface area contributed by atoms with E-state index in [-0.39, 0.29) is 5.75 Å². The van der Waals surface area contributed by atoms with Gasteiger partial charge in [-0.05, 0) is 41.1 Å². The van der Waals surface area contributed by atoms with Crippen LogP contribution in [0.2, 0.25) is 0 Å². The summed E-state index contributed by atoms with van der Waals surface area (Å²) in [5.74, 6) is 0.163. The molecule has 5 nitrogen and oxygen atoms in total.